The molecule has 0 spiro atoms. The molecule has 5 nitrogen and oxygen atoms in total. The first-order valence-corrected chi connectivity index (χ1v) is 13.8. The summed E-state index contributed by atoms with van der Waals surface area (Å²) in [6.45, 7) is 8.91. The smallest absolute Gasteiger partial charge is 0.405 e. The van der Waals surface area contributed by atoms with E-state index in [-0.39, 0.29) is 12.1 Å². The van der Waals surface area contributed by atoms with Gasteiger partial charge >= 0.3 is 13.3 Å². The Balaban J connectivity index is 1.48. The highest BCUT2D eigenvalue weighted by molar-refractivity contribution is 6.64. The van der Waals surface area contributed by atoms with E-state index in [0.29, 0.717) is 29.8 Å². The van der Waals surface area contributed by atoms with Gasteiger partial charge in [-0.2, -0.15) is 13.2 Å². The second-order valence-corrected chi connectivity index (χ2v) is 11.6. The lowest BCUT2D eigenvalue weighted by atomic mass is 9.74. The Morgan fingerprint density at radius 3 is 1.95 bits per heavy atom. The Hall–Kier alpha value is -3.40. The number of aliphatic imine (C=N–C) groups is 1. The summed E-state index contributed by atoms with van der Waals surface area (Å²) in [5.74, 6) is 0. The molecule has 2 N–H and O–H groups in total. The zero-order chi connectivity index (χ0) is 29.4. The van der Waals surface area contributed by atoms with E-state index in [1.165, 1.54) is 23.4 Å². The predicted molar refractivity (Wildman–Crippen MR) is 157 cm³/mol. The summed E-state index contributed by atoms with van der Waals surface area (Å²) >= 11 is 0. The Morgan fingerprint density at radius 1 is 0.927 bits per heavy atom. The topological polar surface area (TPSA) is 60.1 Å². The van der Waals surface area contributed by atoms with E-state index in [1.807, 2.05) is 64.1 Å². The van der Waals surface area contributed by atoms with E-state index >= 15 is 0 Å². The van der Waals surface area contributed by atoms with Gasteiger partial charge in [-0.1, -0.05) is 72.8 Å². The molecule has 0 aromatic heterocycles. The fourth-order valence-corrected chi connectivity index (χ4v) is 5.29. The van der Waals surface area contributed by atoms with Crippen molar-refractivity contribution >= 4 is 18.3 Å². The number of rotatable bonds is 7. The van der Waals surface area contributed by atoms with E-state index in [1.54, 1.807) is 6.08 Å². The van der Waals surface area contributed by atoms with Gasteiger partial charge in [0.15, 0.2) is 0 Å². The molecule has 41 heavy (non-hydrogen) atoms. The minimum atomic E-state index is -4.52. The molecule has 3 aromatic rings. The number of benzene rings is 3. The van der Waals surface area contributed by atoms with E-state index in [4.69, 9.17) is 20.0 Å². The van der Waals surface area contributed by atoms with Crippen molar-refractivity contribution in [2.24, 2.45) is 10.7 Å². The minimum absolute atomic E-state index is 0.0474. The molecule has 5 rings (SSSR count). The number of allylic oxidation sites excluding steroid dienone is 1. The van der Waals surface area contributed by atoms with Crippen LogP contribution in [0.25, 0.3) is 0 Å². The number of hydrogen-bond donors (Lipinski definition) is 1. The van der Waals surface area contributed by atoms with Crippen LogP contribution in [0.3, 0.4) is 0 Å². The van der Waals surface area contributed by atoms with Crippen molar-refractivity contribution in [2.75, 3.05) is 13.1 Å². The second-order valence-electron chi connectivity index (χ2n) is 11.6. The molecule has 0 radical (unpaired) electrons. The van der Waals surface area contributed by atoms with Crippen LogP contribution in [0.1, 0.15) is 56.0 Å². The van der Waals surface area contributed by atoms with Crippen LogP contribution in [0, 0.1) is 0 Å². The maximum absolute atomic E-state index is 13.8. The van der Waals surface area contributed by atoms with Crippen molar-refractivity contribution < 1.29 is 22.5 Å². The minimum Gasteiger partial charge on any atom is -0.405 e. The van der Waals surface area contributed by atoms with Crippen molar-refractivity contribution in [3.63, 3.8) is 0 Å². The molecular weight excluding hydrogens is 526 g/mol. The third-order valence-corrected chi connectivity index (χ3v) is 8.23. The molecule has 0 bridgehead atoms. The van der Waals surface area contributed by atoms with Gasteiger partial charge in [0, 0.05) is 18.7 Å². The Kier molecular flexibility index (Phi) is 7.89. The van der Waals surface area contributed by atoms with Gasteiger partial charge in [-0.25, -0.2) is 0 Å². The molecule has 2 saturated heterocycles. The monoisotopic (exact) mass is 561 g/mol. The van der Waals surface area contributed by atoms with Crippen molar-refractivity contribution in [3.05, 3.63) is 113 Å². The molecule has 2 aliphatic rings. The standard InChI is InChI=1S/C32H35BF3N3O2/c1-30(2)31(3,4)41-33(40-30)27-16-15-24(32(34,35)36)19-26(27)28(17-18-37)38-25-20-39(21-25)29(22-11-7-5-8-12-22)23-13-9-6-10-14-23/h5-19,25,29H,20-21,37H2,1-4H3/b18-17-,38-28?. The van der Waals surface area contributed by atoms with E-state index in [9.17, 15) is 13.2 Å². The van der Waals surface area contributed by atoms with Crippen LogP contribution >= 0.6 is 0 Å². The third kappa shape index (κ3) is 5.98. The zero-order valence-electron chi connectivity index (χ0n) is 23.7. The molecule has 2 fully saturated rings. The van der Waals surface area contributed by atoms with Gasteiger partial charge in [-0.05, 0) is 62.6 Å². The van der Waals surface area contributed by atoms with Crippen molar-refractivity contribution in [3.8, 4) is 0 Å². The average molecular weight is 561 g/mol. The molecule has 3 aromatic carbocycles. The molecule has 9 heteroatoms. The summed E-state index contributed by atoms with van der Waals surface area (Å²) < 4.78 is 53.9. The van der Waals surface area contributed by atoms with Gasteiger partial charge in [0.25, 0.3) is 0 Å². The van der Waals surface area contributed by atoms with Crippen molar-refractivity contribution in [1.29, 1.82) is 0 Å². The lowest BCUT2D eigenvalue weighted by molar-refractivity contribution is -0.137. The molecule has 2 heterocycles. The molecule has 0 aliphatic carbocycles. The lowest BCUT2D eigenvalue weighted by Crippen LogP contribution is -2.52. The van der Waals surface area contributed by atoms with Crippen LogP contribution in [0.5, 0.6) is 0 Å². The van der Waals surface area contributed by atoms with Crippen molar-refractivity contribution in [2.45, 2.75) is 57.2 Å². The van der Waals surface area contributed by atoms with Gasteiger partial charge in [0.2, 0.25) is 0 Å². The van der Waals surface area contributed by atoms with Gasteiger partial charge in [0.05, 0.1) is 34.6 Å². The Labute approximate surface area is 240 Å². The summed E-state index contributed by atoms with van der Waals surface area (Å²) in [4.78, 5) is 7.24. The van der Waals surface area contributed by atoms with Crippen LogP contribution in [0.4, 0.5) is 13.2 Å². The van der Waals surface area contributed by atoms with Crippen LogP contribution in [-0.2, 0) is 15.5 Å². The fourth-order valence-electron chi connectivity index (χ4n) is 5.29. The zero-order valence-corrected chi connectivity index (χ0v) is 23.7. The number of hydrogen-bond acceptors (Lipinski definition) is 5. The maximum atomic E-state index is 13.8. The van der Waals surface area contributed by atoms with Gasteiger partial charge in [-0.3, -0.25) is 9.89 Å². The van der Waals surface area contributed by atoms with E-state index in [0.717, 1.165) is 12.1 Å². The van der Waals surface area contributed by atoms with Crippen LogP contribution in [-0.4, -0.2) is 48.1 Å². The summed E-state index contributed by atoms with van der Waals surface area (Å²) in [7, 11) is -0.855. The molecular formula is C32H35BF3N3O2. The second kappa shape index (κ2) is 11.1. The van der Waals surface area contributed by atoms with Crippen LogP contribution in [0.15, 0.2) is 96.1 Å². The highest BCUT2D eigenvalue weighted by Gasteiger charge is 2.52. The van der Waals surface area contributed by atoms with Gasteiger partial charge in [0.1, 0.15) is 0 Å². The highest BCUT2D eigenvalue weighted by atomic mass is 19.4. The first-order chi connectivity index (χ1) is 19.4. The Bertz CT molecular complexity index is 1360. The Morgan fingerprint density at radius 2 is 1.46 bits per heavy atom. The molecule has 0 atom stereocenters. The molecule has 0 saturated carbocycles. The van der Waals surface area contributed by atoms with Crippen LogP contribution in [0.2, 0.25) is 0 Å². The molecule has 2 aliphatic heterocycles. The molecule has 0 amide bonds. The number of nitrogens with zero attached hydrogens (tertiary/aromatic N) is 2. The normalized spacial score (nSPS) is 19.7. The largest absolute Gasteiger partial charge is 0.495 e. The third-order valence-electron chi connectivity index (χ3n) is 8.23. The summed E-state index contributed by atoms with van der Waals surface area (Å²) in [5.41, 5.74) is 7.19. The average Bonchev–Trinajstić information content (AvgIpc) is 3.13. The van der Waals surface area contributed by atoms with E-state index in [2.05, 4.69) is 29.2 Å². The van der Waals surface area contributed by atoms with E-state index < -0.39 is 30.1 Å². The van der Waals surface area contributed by atoms with Crippen molar-refractivity contribution in [1.82, 2.24) is 4.90 Å². The highest BCUT2D eigenvalue weighted by Crippen LogP contribution is 2.38. The number of halogens is 3. The lowest BCUT2D eigenvalue weighted by Gasteiger charge is -2.43. The fraction of sp³-hybridized carbons (Fsp3) is 0.344. The summed E-state index contributed by atoms with van der Waals surface area (Å²) in [6.07, 6.45) is -1.66. The summed E-state index contributed by atoms with van der Waals surface area (Å²) in [5, 5.41) is 0. The van der Waals surface area contributed by atoms with Gasteiger partial charge in [-0.15, -0.1) is 0 Å². The first kappa shape index (κ1) is 29.1. The summed E-state index contributed by atoms with van der Waals surface area (Å²) in [6, 6.07) is 24.0. The number of alkyl halides is 3. The maximum Gasteiger partial charge on any atom is 0.495 e. The molecule has 0 unspecified atom stereocenters. The van der Waals surface area contributed by atoms with Gasteiger partial charge < -0.3 is 15.0 Å². The number of nitrogens with two attached hydrogens (primary N) is 1. The van der Waals surface area contributed by atoms with Crippen LogP contribution < -0.4 is 11.2 Å². The molecule has 214 valence electrons. The predicted octanol–water partition coefficient (Wildman–Crippen LogP) is 5.74. The first-order valence-electron chi connectivity index (χ1n) is 13.8. The SMILES string of the molecule is CC1(C)OB(c2ccc(C(F)(F)F)cc2C(/C=C\N)=NC2CN(C(c3ccccc3)c3ccccc3)C2)OC1(C)C. The number of likely N-dealkylation sites (tertiary alicyclic amines) is 1. The quantitative estimate of drug-likeness (QED) is 0.295.